The zero-order valence-electron chi connectivity index (χ0n) is 10.8. The fourth-order valence-electron chi connectivity index (χ4n) is 1.90. The largest absolute Gasteiger partial charge is 0.478 e. The van der Waals surface area contributed by atoms with E-state index in [9.17, 15) is 4.79 Å². The van der Waals surface area contributed by atoms with Crippen LogP contribution in [0.4, 0.5) is 0 Å². The van der Waals surface area contributed by atoms with Gasteiger partial charge in [-0.1, -0.05) is 22.0 Å². The van der Waals surface area contributed by atoms with Crippen LogP contribution in [0.15, 0.2) is 37.9 Å². The molecule has 0 saturated heterocycles. The van der Waals surface area contributed by atoms with Crippen LogP contribution < -0.4 is 0 Å². The van der Waals surface area contributed by atoms with Crippen LogP contribution in [0.3, 0.4) is 0 Å². The number of hydrogen-bond acceptors (Lipinski definition) is 3. The van der Waals surface area contributed by atoms with Gasteiger partial charge in [0.25, 0.3) is 0 Å². The molecule has 1 aromatic carbocycles. The van der Waals surface area contributed by atoms with Crippen LogP contribution in [0.1, 0.15) is 21.5 Å². The standard InChI is InChI=1S/C14H13Br2NO2S/c1-17(6-9-4-13(16)20-8-9)7-11-3-2-10(14(18)19)5-12(11)15/h2-5,8H,6-7H2,1H3,(H,18,19). The van der Waals surface area contributed by atoms with E-state index in [0.717, 1.165) is 26.9 Å². The molecule has 106 valence electrons. The van der Waals surface area contributed by atoms with Crippen LogP contribution in [0.25, 0.3) is 0 Å². The molecule has 1 N–H and O–H groups in total. The minimum absolute atomic E-state index is 0.296. The lowest BCUT2D eigenvalue weighted by atomic mass is 10.1. The van der Waals surface area contributed by atoms with Gasteiger partial charge in [0.1, 0.15) is 0 Å². The van der Waals surface area contributed by atoms with Gasteiger partial charge < -0.3 is 5.11 Å². The molecule has 0 aliphatic rings. The van der Waals surface area contributed by atoms with Crippen LogP contribution in [-0.2, 0) is 13.1 Å². The number of nitrogens with zero attached hydrogens (tertiary/aromatic N) is 1. The van der Waals surface area contributed by atoms with E-state index >= 15 is 0 Å². The lowest BCUT2D eigenvalue weighted by Gasteiger charge is -2.17. The minimum atomic E-state index is -0.909. The SMILES string of the molecule is CN(Cc1csc(Br)c1)Cc1ccc(C(=O)O)cc1Br. The smallest absolute Gasteiger partial charge is 0.335 e. The average Bonchev–Trinajstić information content (AvgIpc) is 2.77. The molecule has 0 fully saturated rings. The Morgan fingerprint density at radius 2 is 2.05 bits per heavy atom. The van der Waals surface area contributed by atoms with Gasteiger partial charge in [-0.25, -0.2) is 4.79 Å². The van der Waals surface area contributed by atoms with Gasteiger partial charge in [-0.3, -0.25) is 4.90 Å². The first-order valence-electron chi connectivity index (χ1n) is 5.89. The Morgan fingerprint density at radius 1 is 1.30 bits per heavy atom. The molecule has 0 saturated carbocycles. The summed E-state index contributed by atoms with van der Waals surface area (Å²) in [6.07, 6.45) is 0. The first kappa shape index (κ1) is 15.7. The second-order valence-corrected chi connectivity index (χ2v) is 7.69. The number of benzene rings is 1. The van der Waals surface area contributed by atoms with Gasteiger partial charge in [0, 0.05) is 17.6 Å². The van der Waals surface area contributed by atoms with E-state index in [2.05, 4.69) is 48.2 Å². The highest BCUT2D eigenvalue weighted by Crippen LogP contribution is 2.23. The van der Waals surface area contributed by atoms with Crippen molar-refractivity contribution in [1.29, 1.82) is 0 Å². The Balaban J connectivity index is 2.04. The molecule has 0 spiro atoms. The molecule has 0 radical (unpaired) electrons. The molecule has 1 aromatic heterocycles. The molecule has 2 aromatic rings. The zero-order chi connectivity index (χ0) is 14.7. The summed E-state index contributed by atoms with van der Waals surface area (Å²) in [5, 5.41) is 11.1. The van der Waals surface area contributed by atoms with E-state index in [0.29, 0.717) is 5.56 Å². The van der Waals surface area contributed by atoms with Gasteiger partial charge in [-0.2, -0.15) is 0 Å². The van der Waals surface area contributed by atoms with Crippen LogP contribution >= 0.6 is 43.2 Å². The molecule has 20 heavy (non-hydrogen) atoms. The van der Waals surface area contributed by atoms with Crippen molar-refractivity contribution >= 4 is 49.2 Å². The molecular weight excluding hydrogens is 406 g/mol. The molecule has 6 heteroatoms. The van der Waals surface area contributed by atoms with Gasteiger partial charge in [0.15, 0.2) is 0 Å². The van der Waals surface area contributed by atoms with Crippen LogP contribution in [-0.4, -0.2) is 23.0 Å². The van der Waals surface area contributed by atoms with Gasteiger partial charge in [-0.05, 0) is 57.7 Å². The maximum atomic E-state index is 10.9. The second kappa shape index (κ2) is 6.85. The summed E-state index contributed by atoms with van der Waals surface area (Å²) in [4.78, 5) is 13.1. The van der Waals surface area contributed by atoms with Crippen LogP contribution in [0.2, 0.25) is 0 Å². The van der Waals surface area contributed by atoms with E-state index in [1.54, 1.807) is 23.5 Å². The van der Waals surface area contributed by atoms with Crippen LogP contribution in [0, 0.1) is 0 Å². The van der Waals surface area contributed by atoms with Gasteiger partial charge >= 0.3 is 5.97 Å². The zero-order valence-corrected chi connectivity index (χ0v) is 14.8. The lowest BCUT2D eigenvalue weighted by molar-refractivity contribution is 0.0697. The molecule has 0 bridgehead atoms. The highest BCUT2D eigenvalue weighted by atomic mass is 79.9. The first-order chi connectivity index (χ1) is 9.45. The van der Waals surface area contributed by atoms with Crippen molar-refractivity contribution in [3.05, 3.63) is 54.6 Å². The summed E-state index contributed by atoms with van der Waals surface area (Å²) < 4.78 is 1.96. The van der Waals surface area contributed by atoms with E-state index in [1.807, 2.05) is 13.1 Å². The summed E-state index contributed by atoms with van der Waals surface area (Å²) in [7, 11) is 2.04. The Hall–Kier alpha value is -0.690. The quantitative estimate of drug-likeness (QED) is 0.770. The van der Waals surface area contributed by atoms with Crippen molar-refractivity contribution in [2.24, 2.45) is 0 Å². The van der Waals surface area contributed by atoms with Crippen molar-refractivity contribution in [1.82, 2.24) is 4.90 Å². The van der Waals surface area contributed by atoms with Crippen molar-refractivity contribution in [2.75, 3.05) is 7.05 Å². The second-order valence-electron chi connectivity index (χ2n) is 4.54. The first-order valence-corrected chi connectivity index (χ1v) is 8.35. The summed E-state index contributed by atoms with van der Waals surface area (Å²) in [5.41, 5.74) is 2.64. The number of thiophene rings is 1. The summed E-state index contributed by atoms with van der Waals surface area (Å²) >= 11 is 8.57. The Morgan fingerprint density at radius 3 is 2.60 bits per heavy atom. The molecule has 2 rings (SSSR count). The van der Waals surface area contributed by atoms with Crippen molar-refractivity contribution in [3.8, 4) is 0 Å². The average molecular weight is 419 g/mol. The maximum Gasteiger partial charge on any atom is 0.335 e. The Kier molecular flexibility index (Phi) is 5.37. The molecule has 0 atom stereocenters. The van der Waals surface area contributed by atoms with Crippen molar-refractivity contribution in [3.63, 3.8) is 0 Å². The van der Waals surface area contributed by atoms with E-state index in [1.165, 1.54) is 5.56 Å². The molecule has 3 nitrogen and oxygen atoms in total. The fraction of sp³-hybridized carbons (Fsp3) is 0.214. The highest BCUT2D eigenvalue weighted by molar-refractivity contribution is 9.11. The lowest BCUT2D eigenvalue weighted by Crippen LogP contribution is -2.17. The predicted octanol–water partition coefficient (Wildman–Crippen LogP) is 4.60. The third kappa shape index (κ3) is 4.15. The monoisotopic (exact) mass is 417 g/mol. The van der Waals surface area contributed by atoms with E-state index in [4.69, 9.17) is 5.11 Å². The highest BCUT2D eigenvalue weighted by Gasteiger charge is 2.09. The molecular formula is C14H13Br2NO2S. The number of carboxylic acid groups (broad SMARTS) is 1. The van der Waals surface area contributed by atoms with E-state index < -0.39 is 5.97 Å². The fourth-order valence-corrected chi connectivity index (χ4v) is 3.60. The third-order valence-electron chi connectivity index (χ3n) is 2.81. The number of aromatic carboxylic acids is 1. The Labute approximate surface area is 138 Å². The number of hydrogen-bond donors (Lipinski definition) is 1. The van der Waals surface area contributed by atoms with Gasteiger partial charge in [0.2, 0.25) is 0 Å². The molecule has 0 aliphatic heterocycles. The number of rotatable bonds is 5. The number of halogens is 2. The number of carbonyl (C=O) groups is 1. The molecule has 0 aliphatic carbocycles. The third-order valence-corrected chi connectivity index (χ3v) is 5.11. The molecule has 1 heterocycles. The number of carboxylic acids is 1. The van der Waals surface area contributed by atoms with Crippen LogP contribution in [0.5, 0.6) is 0 Å². The molecule has 0 unspecified atom stereocenters. The summed E-state index contributed by atoms with van der Waals surface area (Å²) in [6.45, 7) is 1.61. The van der Waals surface area contributed by atoms with Gasteiger partial charge in [-0.15, -0.1) is 11.3 Å². The maximum absolute atomic E-state index is 10.9. The Bertz CT molecular complexity index is 627. The summed E-state index contributed by atoms with van der Waals surface area (Å²) in [5.74, 6) is -0.909. The predicted molar refractivity (Wildman–Crippen MR) is 88.3 cm³/mol. The van der Waals surface area contributed by atoms with Gasteiger partial charge in [0.05, 0.1) is 9.35 Å². The molecule has 0 amide bonds. The van der Waals surface area contributed by atoms with E-state index in [-0.39, 0.29) is 0 Å². The normalized spacial score (nSPS) is 11.0. The van der Waals surface area contributed by atoms with Crippen molar-refractivity contribution in [2.45, 2.75) is 13.1 Å². The topological polar surface area (TPSA) is 40.5 Å². The minimum Gasteiger partial charge on any atom is -0.478 e. The van der Waals surface area contributed by atoms with Crippen molar-refractivity contribution < 1.29 is 9.90 Å². The summed E-state index contributed by atoms with van der Waals surface area (Å²) in [6, 6.07) is 7.25.